The first-order valence-corrected chi connectivity index (χ1v) is 8.47. The van der Waals surface area contributed by atoms with E-state index in [1.165, 1.54) is 69.5 Å². The summed E-state index contributed by atoms with van der Waals surface area (Å²) in [6.45, 7) is 7.20. The van der Waals surface area contributed by atoms with E-state index in [0.29, 0.717) is 0 Å². The SMILES string of the molecule is Cc1cc(N2CCC(N3CCCCC3)CC2)ccc1CO. The molecule has 0 spiro atoms. The molecular weight excluding hydrogens is 260 g/mol. The predicted octanol–water partition coefficient (Wildman–Crippen LogP) is 2.94. The minimum Gasteiger partial charge on any atom is -0.392 e. The van der Waals surface area contributed by atoms with Gasteiger partial charge in [-0.1, -0.05) is 12.5 Å². The van der Waals surface area contributed by atoms with E-state index in [9.17, 15) is 5.11 Å². The van der Waals surface area contributed by atoms with Crippen LogP contribution in [0.25, 0.3) is 0 Å². The number of hydrogen-bond acceptors (Lipinski definition) is 3. The Labute approximate surface area is 128 Å². The van der Waals surface area contributed by atoms with E-state index >= 15 is 0 Å². The molecule has 2 aliphatic rings. The fourth-order valence-corrected chi connectivity index (χ4v) is 3.83. The topological polar surface area (TPSA) is 26.7 Å². The van der Waals surface area contributed by atoms with E-state index in [2.05, 4.69) is 34.9 Å². The number of hydrogen-bond donors (Lipinski definition) is 1. The first kappa shape index (κ1) is 14.9. The molecule has 1 aromatic carbocycles. The van der Waals surface area contributed by atoms with Crippen LogP contribution in [-0.4, -0.2) is 42.2 Å². The van der Waals surface area contributed by atoms with Crippen molar-refractivity contribution in [2.45, 2.75) is 51.7 Å². The molecule has 1 N–H and O–H groups in total. The summed E-state index contributed by atoms with van der Waals surface area (Å²) in [5.74, 6) is 0. The van der Waals surface area contributed by atoms with E-state index in [-0.39, 0.29) is 6.61 Å². The third-order valence-electron chi connectivity index (χ3n) is 5.23. The number of aliphatic hydroxyl groups is 1. The van der Waals surface area contributed by atoms with Gasteiger partial charge in [0.15, 0.2) is 0 Å². The second-order valence-electron chi connectivity index (χ2n) is 6.58. The van der Waals surface area contributed by atoms with Crippen LogP contribution in [0.2, 0.25) is 0 Å². The zero-order chi connectivity index (χ0) is 14.7. The van der Waals surface area contributed by atoms with Crippen LogP contribution in [0.1, 0.15) is 43.2 Å². The van der Waals surface area contributed by atoms with Gasteiger partial charge in [0.25, 0.3) is 0 Å². The lowest BCUT2D eigenvalue weighted by Crippen LogP contribution is -2.46. The summed E-state index contributed by atoms with van der Waals surface area (Å²) < 4.78 is 0. The fraction of sp³-hybridized carbons (Fsp3) is 0.667. The summed E-state index contributed by atoms with van der Waals surface area (Å²) in [7, 11) is 0. The summed E-state index contributed by atoms with van der Waals surface area (Å²) in [4.78, 5) is 5.23. The van der Waals surface area contributed by atoms with Gasteiger partial charge in [-0.3, -0.25) is 0 Å². The molecule has 0 bridgehead atoms. The molecule has 2 heterocycles. The van der Waals surface area contributed by atoms with Crippen LogP contribution in [0.5, 0.6) is 0 Å². The number of benzene rings is 1. The minimum atomic E-state index is 0.142. The second-order valence-corrected chi connectivity index (χ2v) is 6.58. The van der Waals surface area contributed by atoms with Gasteiger partial charge in [-0.05, 0) is 69.0 Å². The number of aliphatic hydroxyl groups excluding tert-OH is 1. The van der Waals surface area contributed by atoms with Crippen LogP contribution in [0.15, 0.2) is 18.2 Å². The number of nitrogens with zero attached hydrogens (tertiary/aromatic N) is 2. The average molecular weight is 288 g/mol. The highest BCUT2D eigenvalue weighted by atomic mass is 16.3. The Morgan fingerprint density at radius 2 is 1.76 bits per heavy atom. The maximum Gasteiger partial charge on any atom is 0.0684 e. The smallest absolute Gasteiger partial charge is 0.0684 e. The second kappa shape index (κ2) is 6.80. The van der Waals surface area contributed by atoms with Crippen molar-refractivity contribution < 1.29 is 5.11 Å². The van der Waals surface area contributed by atoms with E-state index in [4.69, 9.17) is 0 Å². The molecule has 3 nitrogen and oxygen atoms in total. The molecule has 0 unspecified atom stereocenters. The summed E-state index contributed by atoms with van der Waals surface area (Å²) in [6.07, 6.45) is 6.79. The standard InChI is InChI=1S/C18H28N2O/c1-15-13-18(6-5-16(15)14-21)20-11-7-17(8-12-20)19-9-3-2-4-10-19/h5-6,13,17,21H,2-4,7-12,14H2,1H3. The van der Waals surface area contributed by atoms with Crippen molar-refractivity contribution in [1.82, 2.24) is 4.90 Å². The summed E-state index contributed by atoms with van der Waals surface area (Å²) in [5.41, 5.74) is 3.57. The molecule has 2 aliphatic heterocycles. The van der Waals surface area contributed by atoms with Gasteiger partial charge in [0.2, 0.25) is 0 Å². The molecular formula is C18H28N2O. The molecule has 0 atom stereocenters. The van der Waals surface area contributed by atoms with Crippen molar-refractivity contribution in [2.75, 3.05) is 31.1 Å². The molecule has 116 valence electrons. The number of aryl methyl sites for hydroxylation is 1. The Bertz CT molecular complexity index is 460. The summed E-state index contributed by atoms with van der Waals surface area (Å²) in [5, 5.41) is 9.28. The van der Waals surface area contributed by atoms with Crippen molar-refractivity contribution in [3.63, 3.8) is 0 Å². The Balaban J connectivity index is 1.58. The molecule has 0 radical (unpaired) electrons. The van der Waals surface area contributed by atoms with E-state index in [0.717, 1.165) is 11.6 Å². The summed E-state index contributed by atoms with van der Waals surface area (Å²) in [6, 6.07) is 7.27. The third kappa shape index (κ3) is 3.41. The van der Waals surface area contributed by atoms with E-state index in [1.807, 2.05) is 0 Å². The normalized spacial score (nSPS) is 21.7. The lowest BCUT2D eigenvalue weighted by Gasteiger charge is -2.41. The lowest BCUT2D eigenvalue weighted by atomic mass is 9.99. The van der Waals surface area contributed by atoms with Gasteiger partial charge in [-0.2, -0.15) is 0 Å². The zero-order valence-electron chi connectivity index (χ0n) is 13.2. The molecule has 0 aliphatic carbocycles. The zero-order valence-corrected chi connectivity index (χ0v) is 13.2. The number of rotatable bonds is 3. The molecule has 2 saturated heterocycles. The highest BCUT2D eigenvalue weighted by molar-refractivity contribution is 5.51. The Morgan fingerprint density at radius 3 is 2.38 bits per heavy atom. The van der Waals surface area contributed by atoms with Crippen LogP contribution < -0.4 is 4.90 Å². The van der Waals surface area contributed by atoms with Gasteiger partial charge in [0.05, 0.1) is 6.61 Å². The van der Waals surface area contributed by atoms with Gasteiger partial charge < -0.3 is 14.9 Å². The predicted molar refractivity (Wildman–Crippen MR) is 87.8 cm³/mol. The Morgan fingerprint density at radius 1 is 1.05 bits per heavy atom. The highest BCUT2D eigenvalue weighted by Gasteiger charge is 2.25. The van der Waals surface area contributed by atoms with Gasteiger partial charge in [-0.15, -0.1) is 0 Å². The Hall–Kier alpha value is -1.06. The van der Waals surface area contributed by atoms with Crippen molar-refractivity contribution in [3.8, 4) is 0 Å². The molecule has 21 heavy (non-hydrogen) atoms. The maximum atomic E-state index is 9.28. The number of anilines is 1. The first-order valence-electron chi connectivity index (χ1n) is 8.47. The quantitative estimate of drug-likeness (QED) is 0.926. The van der Waals surface area contributed by atoms with Crippen LogP contribution in [-0.2, 0) is 6.61 Å². The van der Waals surface area contributed by atoms with Crippen LogP contribution >= 0.6 is 0 Å². The number of piperidine rings is 2. The van der Waals surface area contributed by atoms with Crippen molar-refractivity contribution in [3.05, 3.63) is 29.3 Å². The maximum absolute atomic E-state index is 9.28. The molecule has 2 fully saturated rings. The minimum absolute atomic E-state index is 0.142. The molecule has 3 heteroatoms. The molecule has 0 aromatic heterocycles. The highest BCUT2D eigenvalue weighted by Crippen LogP contribution is 2.26. The van der Waals surface area contributed by atoms with E-state index in [1.54, 1.807) is 0 Å². The van der Waals surface area contributed by atoms with Gasteiger partial charge in [0.1, 0.15) is 0 Å². The van der Waals surface area contributed by atoms with Crippen LogP contribution in [0.3, 0.4) is 0 Å². The largest absolute Gasteiger partial charge is 0.392 e. The third-order valence-corrected chi connectivity index (χ3v) is 5.23. The van der Waals surface area contributed by atoms with Crippen molar-refractivity contribution >= 4 is 5.69 Å². The van der Waals surface area contributed by atoms with Crippen molar-refractivity contribution in [2.24, 2.45) is 0 Å². The fourth-order valence-electron chi connectivity index (χ4n) is 3.83. The monoisotopic (exact) mass is 288 g/mol. The molecule has 1 aromatic rings. The summed E-state index contributed by atoms with van der Waals surface area (Å²) >= 11 is 0. The van der Waals surface area contributed by atoms with Crippen molar-refractivity contribution in [1.29, 1.82) is 0 Å². The van der Waals surface area contributed by atoms with Gasteiger partial charge >= 0.3 is 0 Å². The van der Waals surface area contributed by atoms with Crippen LogP contribution in [0, 0.1) is 6.92 Å². The lowest BCUT2D eigenvalue weighted by molar-refractivity contribution is 0.141. The Kier molecular flexibility index (Phi) is 4.81. The molecule has 0 saturated carbocycles. The van der Waals surface area contributed by atoms with E-state index < -0.39 is 0 Å². The molecule has 0 amide bonds. The molecule has 3 rings (SSSR count). The van der Waals surface area contributed by atoms with Gasteiger partial charge in [-0.25, -0.2) is 0 Å². The van der Waals surface area contributed by atoms with Crippen LogP contribution in [0.4, 0.5) is 5.69 Å². The number of likely N-dealkylation sites (tertiary alicyclic amines) is 1. The first-order chi connectivity index (χ1) is 10.3. The van der Waals surface area contributed by atoms with Gasteiger partial charge in [0, 0.05) is 24.8 Å². The average Bonchev–Trinajstić information content (AvgIpc) is 2.56.